The molecule has 8 aromatic rings. The van der Waals surface area contributed by atoms with Gasteiger partial charge in [0.1, 0.15) is 39.8 Å². The summed E-state index contributed by atoms with van der Waals surface area (Å²) >= 11 is 24.8. The summed E-state index contributed by atoms with van der Waals surface area (Å²) < 4.78 is 431. The van der Waals surface area contributed by atoms with Crippen molar-refractivity contribution in [2.45, 2.75) is 197 Å². The minimum Gasteiger partial charge on any atom is -0.483 e. The van der Waals surface area contributed by atoms with E-state index in [4.69, 9.17) is 95.2 Å². The molecule has 3 heterocycles. The number of fused-ring (bicyclic) bond motifs is 3. The summed E-state index contributed by atoms with van der Waals surface area (Å²) in [4.78, 5) is 20.1. The molecule has 0 saturated heterocycles. The topological polar surface area (TPSA) is 184 Å². The molecule has 0 bridgehead atoms. The first-order valence-corrected chi connectivity index (χ1v) is 42.2. The minimum absolute atomic E-state index is 0.0263. The molecule has 800 valence electrons. The lowest BCUT2D eigenvalue weighted by Crippen LogP contribution is -2.60. The molecule has 0 unspecified atom stereocenters. The number of allylic oxidation sites excluding steroid dienone is 1. The van der Waals surface area contributed by atoms with Gasteiger partial charge in [0.05, 0.1) is 52.7 Å². The van der Waals surface area contributed by atoms with Crippen LogP contribution in [0.1, 0.15) is 151 Å². The number of hydrogen-bond acceptors (Lipinski definition) is 11. The van der Waals surface area contributed by atoms with Gasteiger partial charge in [0.2, 0.25) is 0 Å². The van der Waals surface area contributed by atoms with Gasteiger partial charge in [-0.25, -0.2) is 0 Å². The molecule has 146 heavy (non-hydrogen) atoms. The normalized spacial score (nSPS) is 14.0. The summed E-state index contributed by atoms with van der Waals surface area (Å²) in [5.41, 5.74) is -21.6. The number of para-hydroxylation sites is 1. The fourth-order valence-electron chi connectivity index (χ4n) is 10.2. The van der Waals surface area contributed by atoms with Crippen LogP contribution < -0.4 is 18.9 Å². The number of aliphatic hydroxyl groups is 3. The maximum atomic E-state index is 12.8. The van der Waals surface area contributed by atoms with Crippen molar-refractivity contribution in [3.63, 3.8) is 0 Å². The Bertz CT molecular complexity index is 6040. The van der Waals surface area contributed by atoms with E-state index in [1.165, 1.54) is 59.5 Å². The van der Waals surface area contributed by atoms with E-state index in [0.29, 0.717) is 66.0 Å². The van der Waals surface area contributed by atoms with Gasteiger partial charge < -0.3 is 34.3 Å². The summed E-state index contributed by atoms with van der Waals surface area (Å²) in [7, 11) is 0. The average Bonchev–Trinajstić information content (AvgIpc) is 0.722. The third kappa shape index (κ3) is 39.4. The zero-order valence-corrected chi connectivity index (χ0v) is 81.3. The molecule has 0 spiro atoms. The highest BCUT2D eigenvalue weighted by atomic mass is 79.9. The molecule has 11 rings (SSSR count). The molecule has 0 fully saturated rings. The van der Waals surface area contributed by atoms with Gasteiger partial charge in [0, 0.05) is 61.6 Å². The first kappa shape index (κ1) is 132. The van der Waals surface area contributed by atoms with Crippen LogP contribution in [0.5, 0.6) is 23.0 Å². The van der Waals surface area contributed by atoms with E-state index < -0.39 is 172 Å². The zero-order valence-electron chi connectivity index (χ0n) is 76.6. The molecule has 0 amide bonds. The quantitative estimate of drug-likeness (QED) is 0.0623. The molecule has 3 N–H and O–H groups in total. The summed E-state index contributed by atoms with van der Waals surface area (Å²) in [5.74, 6) is 9.69. The number of halogens is 38. The summed E-state index contributed by atoms with van der Waals surface area (Å²) in [6, 6.07) is 28.4. The third-order valence-electron chi connectivity index (χ3n) is 17.4. The first-order valence-electron chi connectivity index (χ1n) is 39.9. The number of hydrogen-bond donors (Lipinski definition) is 3. The summed E-state index contributed by atoms with van der Waals surface area (Å²) in [5, 5.41) is 46.4. The van der Waals surface area contributed by atoms with Crippen molar-refractivity contribution in [2.24, 2.45) is 0 Å². The van der Waals surface area contributed by atoms with Crippen molar-refractivity contribution in [1.82, 2.24) is 0 Å². The van der Waals surface area contributed by atoms with Gasteiger partial charge >= 0.3 is 79.1 Å². The van der Waals surface area contributed by atoms with E-state index in [1.54, 1.807) is 33.8 Å². The molecule has 8 aromatic carbocycles. The molecule has 3 aliphatic heterocycles. The van der Waals surface area contributed by atoms with Crippen LogP contribution in [0.25, 0.3) is 23.8 Å². The predicted octanol–water partition coefficient (Wildman–Crippen LogP) is 33.1. The van der Waals surface area contributed by atoms with Crippen molar-refractivity contribution in [3.05, 3.63) is 288 Å². The number of nitrogens with zero attached hydrogens (tertiary/aromatic N) is 2. The van der Waals surface area contributed by atoms with Crippen LogP contribution in [0.2, 0.25) is 20.1 Å². The van der Waals surface area contributed by atoms with Gasteiger partial charge in [-0.2, -0.15) is 145 Å². The highest BCUT2D eigenvalue weighted by molar-refractivity contribution is 9.10. The van der Waals surface area contributed by atoms with Crippen LogP contribution in [0.4, 0.5) is 156 Å². The Balaban J connectivity index is 0.000000831. The van der Waals surface area contributed by atoms with E-state index in [0.717, 1.165) is 41.6 Å². The molecule has 3 aliphatic rings. The van der Waals surface area contributed by atoms with Crippen LogP contribution in [0.15, 0.2) is 187 Å². The molecule has 0 aliphatic carbocycles. The number of alkyl halides is 33. The number of nitro groups is 2. The van der Waals surface area contributed by atoms with Gasteiger partial charge in [0.15, 0.2) is 5.60 Å². The van der Waals surface area contributed by atoms with Crippen LogP contribution >= 0.6 is 62.3 Å². The lowest BCUT2D eigenvalue weighted by Gasteiger charge is -2.37. The lowest BCUT2D eigenvalue weighted by atomic mass is 9.96. The summed E-state index contributed by atoms with van der Waals surface area (Å²) in [6.45, 7) is 24.8. The molecular formula is C95H78BrCl4F33N2O11. The second-order valence-electron chi connectivity index (χ2n) is 30.6. The first-order chi connectivity index (χ1) is 65.9. The fourth-order valence-corrected chi connectivity index (χ4v) is 11.2. The molecule has 0 atom stereocenters. The lowest BCUT2D eigenvalue weighted by molar-refractivity contribution is -0.385. The highest BCUT2D eigenvalue weighted by Crippen LogP contribution is 2.52. The second-order valence-corrected chi connectivity index (χ2v) is 33.1. The molecule has 13 nitrogen and oxygen atoms in total. The van der Waals surface area contributed by atoms with E-state index in [-0.39, 0.29) is 66.9 Å². The van der Waals surface area contributed by atoms with Crippen molar-refractivity contribution < 1.29 is 189 Å². The Morgan fingerprint density at radius 3 is 1.21 bits per heavy atom. The molecular weight excluding hydrogens is 2190 g/mol. The Hall–Kier alpha value is -11.8. The van der Waals surface area contributed by atoms with E-state index >= 15 is 0 Å². The van der Waals surface area contributed by atoms with Crippen molar-refractivity contribution in [3.8, 4) is 71.9 Å². The van der Waals surface area contributed by atoms with E-state index in [1.807, 2.05) is 71.9 Å². The van der Waals surface area contributed by atoms with Crippen LogP contribution in [0.3, 0.4) is 0 Å². The predicted molar refractivity (Wildman–Crippen MR) is 484 cm³/mol. The molecule has 0 saturated carbocycles. The van der Waals surface area contributed by atoms with Gasteiger partial charge in [-0.15, -0.1) is 19.3 Å². The SMILES string of the molecule is C#CC(C)(C)O.C#CC(C)(C)Oc1ccc([N+](=O)[O-])cc1.C#Cc1cc(C(F)(F)F)ccc1Cl.CC.CC.CC1(C)C=Cc2cc([N+](=O)[O-])ccc2O1.CC1=CC(C)(C)Oc2ccccc21.FC(F)(F)c1ccc(Cl)c(Br)c1.FC(F)(F)c1ccc2c(c1)C=CC(C(F)(F)F)(C(F)(F)F)O2.OC(/C=C\c1cc(C(F)(F)F)ccc1Cl)(C(F)(F)F)C(F)(F)F.OC(C#Cc1cc(C(F)(F)F)ccc1Cl)(C(F)(F)F)C(F)(F)F. The Labute approximate surface area is 839 Å². The Kier molecular flexibility index (Phi) is 46.3. The van der Waals surface area contributed by atoms with Crippen LogP contribution in [-0.2, 0) is 30.9 Å². The number of rotatable bonds is 6. The van der Waals surface area contributed by atoms with Crippen molar-refractivity contribution in [2.75, 3.05) is 0 Å². The largest absolute Gasteiger partial charge is 0.483 e. The fraction of sp³-hybridized carbons (Fsp3) is 0.326. The van der Waals surface area contributed by atoms with Crippen molar-refractivity contribution in [1.29, 1.82) is 0 Å². The van der Waals surface area contributed by atoms with Gasteiger partial charge in [-0.3, -0.25) is 20.2 Å². The maximum absolute atomic E-state index is 12.8. The number of non-ortho nitro benzene ring substituents is 2. The average molecular weight is 2270 g/mol. The smallest absolute Gasteiger partial charge is 0.441 e. The monoisotopic (exact) mass is 2270 g/mol. The number of ether oxygens (including phenoxy) is 4. The maximum Gasteiger partial charge on any atom is 0.441 e. The van der Waals surface area contributed by atoms with E-state index in [9.17, 15) is 165 Å². The van der Waals surface area contributed by atoms with Crippen LogP contribution in [0, 0.1) is 69.1 Å². The number of terminal acetylenes is 3. The second kappa shape index (κ2) is 51.2. The number of benzene rings is 8. The van der Waals surface area contributed by atoms with Gasteiger partial charge in [-0.05, 0) is 235 Å². The minimum atomic E-state index is -6.22. The number of nitro benzene ring substituents is 2. The van der Waals surface area contributed by atoms with Crippen LogP contribution in [-0.4, -0.2) is 101 Å². The van der Waals surface area contributed by atoms with Crippen molar-refractivity contribution >= 4 is 97.5 Å². The zero-order chi connectivity index (χ0) is 114. The highest BCUT2D eigenvalue weighted by Gasteiger charge is 2.74. The molecule has 0 radical (unpaired) electrons. The summed E-state index contributed by atoms with van der Waals surface area (Å²) in [6.07, 6.45) is -39.4. The third-order valence-corrected chi connectivity index (χ3v) is 19.7. The van der Waals surface area contributed by atoms with E-state index in [2.05, 4.69) is 71.3 Å². The standard InChI is InChI=1S/C12H6ClF9O.C12H4ClF9O.C12H5F9O.C12H14O.2C11H11NO3.C9H4ClF3.C7H3BrClF3.C5H8O.2C2H6/c2*13-8-2-1-7(10(14,15)16)5-6(8)3-4-9(23,11(17,18)19)12(20,21)22;13-10(14,15)7-1-2-8-6(5-7)3-4-9(22-8,11(16,17)18)12(19,20)21;1-9-8-12(2,3)13-11-7-5-4-6-10(9)11;1-11(2)6-5-8-7-9(12(13)14)3-4-10(8)15-11;1-4-11(2,3)15-10-7-5-9(6-8-10)12(13)14;1-2-6-5-7(9(11,12)13)3-4-8(6)10;8-5-3-4(7(10,11)12)1-2-6(5)9;1-4-5(2,3)6;2*1-2/h1-5,23H;1-2,5,23H;1-5H;4-8H,1-3H3;3-7H,1-2H3;1,5-8H,2-3H3;1,3-5H;1-3H;1,6H,2-3H3;2*1-2H3/b4-3-;;;;;;;;;;. The molecule has 0 aromatic heterocycles. The Morgan fingerprint density at radius 1 is 0.432 bits per heavy atom. The van der Waals surface area contributed by atoms with Gasteiger partial charge in [-0.1, -0.05) is 134 Å². The Morgan fingerprint density at radius 2 is 0.801 bits per heavy atom. The van der Waals surface area contributed by atoms with Gasteiger partial charge in [0.25, 0.3) is 17.0 Å². The molecule has 51 heteroatoms.